The molecule has 1 unspecified atom stereocenters. The van der Waals surface area contributed by atoms with Crippen molar-refractivity contribution in [1.82, 2.24) is 15.5 Å². The van der Waals surface area contributed by atoms with E-state index in [1.807, 2.05) is 6.92 Å². The van der Waals surface area contributed by atoms with Gasteiger partial charge in [-0.2, -0.15) is 0 Å². The summed E-state index contributed by atoms with van der Waals surface area (Å²) in [6.07, 6.45) is -0.102. The van der Waals surface area contributed by atoms with Gasteiger partial charge in [-0.25, -0.2) is 0 Å². The largest absolute Gasteiger partial charge is 0.379 e. The summed E-state index contributed by atoms with van der Waals surface area (Å²) in [5.74, 6) is 0.0121. The first kappa shape index (κ1) is 18.3. The number of benzene rings is 1. The van der Waals surface area contributed by atoms with E-state index >= 15 is 0 Å². The van der Waals surface area contributed by atoms with Gasteiger partial charge in [-0.3, -0.25) is 9.69 Å². The van der Waals surface area contributed by atoms with E-state index in [4.69, 9.17) is 9.47 Å². The average molecular weight is 347 g/mol. The molecule has 2 heterocycles. The summed E-state index contributed by atoms with van der Waals surface area (Å²) in [6, 6.07) is 8.41. The summed E-state index contributed by atoms with van der Waals surface area (Å²) in [5, 5.41) is 6.38. The molecule has 0 aliphatic carbocycles. The third kappa shape index (κ3) is 4.79. The summed E-state index contributed by atoms with van der Waals surface area (Å²) in [6.45, 7) is 9.26. The number of morpholine rings is 2. The van der Waals surface area contributed by atoms with E-state index in [1.165, 1.54) is 11.1 Å². The van der Waals surface area contributed by atoms with Crippen molar-refractivity contribution in [2.75, 3.05) is 46.0 Å². The molecule has 6 nitrogen and oxygen atoms in total. The van der Waals surface area contributed by atoms with Crippen molar-refractivity contribution in [3.63, 3.8) is 0 Å². The highest BCUT2D eigenvalue weighted by Crippen LogP contribution is 2.22. The van der Waals surface area contributed by atoms with E-state index in [0.717, 1.165) is 26.3 Å². The van der Waals surface area contributed by atoms with Gasteiger partial charge in [0.05, 0.1) is 32.0 Å². The maximum atomic E-state index is 12.6. The monoisotopic (exact) mass is 347 g/mol. The first-order valence-corrected chi connectivity index (χ1v) is 9.16. The number of nitrogens with one attached hydrogen (secondary N) is 2. The van der Waals surface area contributed by atoms with E-state index in [1.54, 1.807) is 0 Å². The van der Waals surface area contributed by atoms with E-state index in [0.29, 0.717) is 19.7 Å². The van der Waals surface area contributed by atoms with Crippen molar-refractivity contribution in [2.24, 2.45) is 0 Å². The summed E-state index contributed by atoms with van der Waals surface area (Å²) in [4.78, 5) is 15.0. The van der Waals surface area contributed by atoms with Gasteiger partial charge in [0.15, 0.2) is 0 Å². The molecule has 1 aromatic rings. The molecule has 0 bridgehead atoms. The van der Waals surface area contributed by atoms with Crippen LogP contribution in [0.25, 0.3) is 0 Å². The molecule has 0 saturated carbocycles. The Morgan fingerprint density at radius 2 is 2.16 bits per heavy atom. The lowest BCUT2D eigenvalue weighted by Gasteiger charge is -2.36. The highest BCUT2D eigenvalue weighted by molar-refractivity contribution is 5.82. The van der Waals surface area contributed by atoms with Gasteiger partial charge in [-0.15, -0.1) is 0 Å². The van der Waals surface area contributed by atoms with Crippen molar-refractivity contribution in [1.29, 1.82) is 0 Å². The number of hydrogen-bond acceptors (Lipinski definition) is 5. The molecule has 3 rings (SSSR count). The average Bonchev–Trinajstić information content (AvgIpc) is 2.63. The van der Waals surface area contributed by atoms with Crippen molar-refractivity contribution in [3.8, 4) is 0 Å². The molecule has 25 heavy (non-hydrogen) atoms. The molecule has 1 amide bonds. The maximum Gasteiger partial charge on any atom is 0.239 e. The molecule has 3 atom stereocenters. The van der Waals surface area contributed by atoms with Crippen LogP contribution in [-0.4, -0.2) is 69.0 Å². The fraction of sp³-hybridized carbons (Fsp3) is 0.632. The fourth-order valence-electron chi connectivity index (χ4n) is 3.56. The van der Waals surface area contributed by atoms with Crippen LogP contribution in [0.2, 0.25) is 0 Å². The van der Waals surface area contributed by atoms with Gasteiger partial charge in [-0.1, -0.05) is 29.8 Å². The van der Waals surface area contributed by atoms with Crippen LogP contribution in [-0.2, 0) is 14.3 Å². The predicted molar refractivity (Wildman–Crippen MR) is 96.5 cm³/mol. The van der Waals surface area contributed by atoms with Crippen LogP contribution >= 0.6 is 0 Å². The van der Waals surface area contributed by atoms with E-state index < -0.39 is 0 Å². The molecule has 0 spiro atoms. The van der Waals surface area contributed by atoms with Crippen molar-refractivity contribution >= 4 is 5.91 Å². The second kappa shape index (κ2) is 8.76. The summed E-state index contributed by atoms with van der Waals surface area (Å²) < 4.78 is 11.1. The Morgan fingerprint density at radius 1 is 1.36 bits per heavy atom. The molecule has 138 valence electrons. The minimum atomic E-state index is -0.281. The minimum absolute atomic E-state index is 0.0121. The summed E-state index contributed by atoms with van der Waals surface area (Å²) >= 11 is 0. The third-order valence-electron chi connectivity index (χ3n) is 4.98. The zero-order valence-corrected chi connectivity index (χ0v) is 15.2. The molecule has 0 radical (unpaired) electrons. The summed E-state index contributed by atoms with van der Waals surface area (Å²) in [5.41, 5.74) is 2.47. The second-order valence-electron chi connectivity index (χ2n) is 6.83. The summed E-state index contributed by atoms with van der Waals surface area (Å²) in [7, 11) is 0. The smallest absolute Gasteiger partial charge is 0.239 e. The Labute approximate surface area is 149 Å². The molecule has 2 fully saturated rings. The van der Waals surface area contributed by atoms with Crippen LogP contribution in [0.4, 0.5) is 0 Å². The first-order valence-electron chi connectivity index (χ1n) is 9.16. The van der Waals surface area contributed by atoms with Crippen LogP contribution in [0.5, 0.6) is 0 Å². The zero-order valence-electron chi connectivity index (χ0n) is 15.2. The topological polar surface area (TPSA) is 62.8 Å². The maximum absolute atomic E-state index is 12.6. The van der Waals surface area contributed by atoms with Gasteiger partial charge in [0.25, 0.3) is 0 Å². The standard InChI is InChI=1S/C19H29N3O3/c1-14-4-3-5-16(12-14)17(22-7-10-24-11-8-22)13-21-19(23)18-15(2)25-9-6-20-18/h3-5,12,15,17-18,20H,6-11,13H2,1-2H3,(H,21,23)/t15-,17?,18+/m1/s1. The highest BCUT2D eigenvalue weighted by Gasteiger charge is 2.30. The van der Waals surface area contributed by atoms with Crippen LogP contribution in [0, 0.1) is 6.92 Å². The molecule has 2 N–H and O–H groups in total. The van der Waals surface area contributed by atoms with Gasteiger partial charge in [0.1, 0.15) is 6.04 Å². The lowest BCUT2D eigenvalue weighted by molar-refractivity contribution is -0.129. The molecule has 1 aromatic carbocycles. The lowest BCUT2D eigenvalue weighted by atomic mass is 10.0. The number of aryl methyl sites for hydroxylation is 1. The van der Waals surface area contributed by atoms with Crippen molar-refractivity contribution in [3.05, 3.63) is 35.4 Å². The Balaban J connectivity index is 1.67. The van der Waals surface area contributed by atoms with Crippen LogP contribution in [0.3, 0.4) is 0 Å². The number of carbonyl (C=O) groups is 1. The number of amides is 1. The fourth-order valence-corrected chi connectivity index (χ4v) is 3.56. The Kier molecular flexibility index (Phi) is 6.42. The highest BCUT2D eigenvalue weighted by atomic mass is 16.5. The predicted octanol–water partition coefficient (Wildman–Crippen LogP) is 0.861. The van der Waals surface area contributed by atoms with Crippen LogP contribution < -0.4 is 10.6 Å². The van der Waals surface area contributed by atoms with E-state index in [2.05, 4.69) is 46.7 Å². The Bertz CT molecular complexity index is 575. The molecule has 2 aliphatic rings. The van der Waals surface area contributed by atoms with E-state index in [9.17, 15) is 4.79 Å². The van der Waals surface area contributed by atoms with Gasteiger partial charge >= 0.3 is 0 Å². The molecule has 0 aromatic heterocycles. The number of carbonyl (C=O) groups excluding carboxylic acids is 1. The zero-order chi connectivity index (χ0) is 17.6. The lowest BCUT2D eigenvalue weighted by Crippen LogP contribution is -2.56. The molecular weight excluding hydrogens is 318 g/mol. The SMILES string of the molecule is Cc1cccc(C(CNC(=O)[C@H]2NCCO[C@@H]2C)N2CCOCC2)c1. The van der Waals surface area contributed by atoms with Gasteiger partial charge in [0, 0.05) is 26.2 Å². The molecule has 2 aliphatic heterocycles. The van der Waals surface area contributed by atoms with Crippen molar-refractivity contribution < 1.29 is 14.3 Å². The molecule has 2 saturated heterocycles. The normalized spacial score (nSPS) is 26.2. The van der Waals surface area contributed by atoms with Gasteiger partial charge in [0.2, 0.25) is 5.91 Å². The van der Waals surface area contributed by atoms with E-state index in [-0.39, 0.29) is 24.1 Å². The van der Waals surface area contributed by atoms with Crippen molar-refractivity contribution in [2.45, 2.75) is 32.0 Å². The third-order valence-corrected chi connectivity index (χ3v) is 4.98. The number of rotatable bonds is 5. The van der Waals surface area contributed by atoms with Crippen LogP contribution in [0.15, 0.2) is 24.3 Å². The second-order valence-corrected chi connectivity index (χ2v) is 6.83. The number of hydrogen-bond donors (Lipinski definition) is 2. The van der Waals surface area contributed by atoms with Gasteiger partial charge in [-0.05, 0) is 19.4 Å². The minimum Gasteiger partial charge on any atom is -0.379 e. The van der Waals surface area contributed by atoms with Crippen LogP contribution in [0.1, 0.15) is 24.1 Å². The Hall–Kier alpha value is -1.47. The van der Waals surface area contributed by atoms with Gasteiger partial charge < -0.3 is 20.1 Å². The molecular formula is C19H29N3O3. The first-order chi connectivity index (χ1) is 12.1. The quantitative estimate of drug-likeness (QED) is 0.827. The number of nitrogens with zero attached hydrogens (tertiary/aromatic N) is 1. The Morgan fingerprint density at radius 3 is 2.88 bits per heavy atom. The molecule has 6 heteroatoms. The number of ether oxygens (including phenoxy) is 2.